The highest BCUT2D eigenvalue weighted by Crippen LogP contribution is 2.36. The fourth-order valence-electron chi connectivity index (χ4n) is 3.69. The summed E-state index contributed by atoms with van der Waals surface area (Å²) in [5.41, 5.74) is 0. The van der Waals surface area contributed by atoms with Crippen molar-refractivity contribution in [3.05, 3.63) is 0 Å². The molecule has 2 saturated heterocycles. The van der Waals surface area contributed by atoms with Crippen LogP contribution in [0.4, 0.5) is 0 Å². The van der Waals surface area contributed by atoms with Crippen molar-refractivity contribution in [1.82, 2.24) is 10.2 Å². The maximum absolute atomic E-state index is 12.3. The van der Waals surface area contributed by atoms with E-state index < -0.39 is 0 Å². The number of nitrogens with zero attached hydrogens (tertiary/aromatic N) is 1. The summed E-state index contributed by atoms with van der Waals surface area (Å²) in [6.07, 6.45) is 7.80. The predicted molar refractivity (Wildman–Crippen MR) is 71.7 cm³/mol. The number of rotatable bonds is 4. The third-order valence-corrected chi connectivity index (χ3v) is 5.23. The Morgan fingerprint density at radius 3 is 2.74 bits per heavy atom. The maximum atomic E-state index is 12.3. The normalized spacial score (nSPS) is 39.1. The second kappa shape index (κ2) is 4.74. The Balaban J connectivity index is 1.34. The van der Waals surface area contributed by atoms with Gasteiger partial charge in [-0.3, -0.25) is 9.69 Å². The second-order valence-electron chi connectivity index (χ2n) is 6.94. The van der Waals surface area contributed by atoms with Gasteiger partial charge in [0.05, 0.1) is 18.1 Å². The van der Waals surface area contributed by atoms with Crippen molar-refractivity contribution in [2.75, 3.05) is 19.6 Å². The van der Waals surface area contributed by atoms with Gasteiger partial charge in [0, 0.05) is 25.7 Å². The number of ether oxygens (including phenoxy) is 1. The lowest BCUT2D eigenvalue weighted by molar-refractivity contribution is -0.129. The molecule has 0 aromatic heterocycles. The molecule has 4 nitrogen and oxygen atoms in total. The Hall–Kier alpha value is -0.610. The third kappa shape index (κ3) is 2.52. The topological polar surface area (TPSA) is 41.6 Å². The maximum Gasteiger partial charge on any atom is 0.226 e. The van der Waals surface area contributed by atoms with Crippen LogP contribution in [0.15, 0.2) is 0 Å². The molecular weight excluding hydrogens is 240 g/mol. The van der Waals surface area contributed by atoms with Crippen LogP contribution in [0, 0.1) is 11.8 Å². The Morgan fingerprint density at radius 2 is 2.05 bits per heavy atom. The van der Waals surface area contributed by atoms with Crippen molar-refractivity contribution in [2.24, 2.45) is 11.8 Å². The van der Waals surface area contributed by atoms with Crippen LogP contribution in [0.25, 0.3) is 0 Å². The Morgan fingerprint density at radius 1 is 1.21 bits per heavy atom. The Labute approximate surface area is 114 Å². The molecule has 3 atom stereocenters. The molecule has 1 N–H and O–H groups in total. The summed E-state index contributed by atoms with van der Waals surface area (Å²) < 4.78 is 5.99. The molecule has 2 bridgehead atoms. The van der Waals surface area contributed by atoms with Gasteiger partial charge in [-0.05, 0) is 44.4 Å². The zero-order valence-corrected chi connectivity index (χ0v) is 11.5. The average Bonchev–Trinajstić information content (AvgIpc) is 3.09. The first kappa shape index (κ1) is 12.2. The molecule has 4 fully saturated rings. The van der Waals surface area contributed by atoms with Crippen molar-refractivity contribution in [3.8, 4) is 0 Å². The first-order valence-corrected chi connectivity index (χ1v) is 7.96. The summed E-state index contributed by atoms with van der Waals surface area (Å²) in [6, 6.07) is 0.454. The highest BCUT2D eigenvalue weighted by molar-refractivity contribution is 5.80. The van der Waals surface area contributed by atoms with Crippen molar-refractivity contribution < 1.29 is 9.53 Å². The second-order valence-corrected chi connectivity index (χ2v) is 6.94. The minimum atomic E-state index is 0.106. The molecule has 0 spiro atoms. The van der Waals surface area contributed by atoms with Crippen LogP contribution in [-0.4, -0.2) is 48.7 Å². The largest absolute Gasteiger partial charge is 0.371 e. The molecule has 0 radical (unpaired) electrons. The van der Waals surface area contributed by atoms with Crippen LogP contribution in [0.1, 0.15) is 38.5 Å². The van der Waals surface area contributed by atoms with Gasteiger partial charge >= 0.3 is 0 Å². The zero-order chi connectivity index (χ0) is 12.8. The van der Waals surface area contributed by atoms with E-state index in [1.54, 1.807) is 0 Å². The molecular formula is C15H24N2O2. The van der Waals surface area contributed by atoms with Gasteiger partial charge in [-0.2, -0.15) is 0 Å². The summed E-state index contributed by atoms with van der Waals surface area (Å²) in [7, 11) is 0. The molecule has 4 aliphatic rings. The van der Waals surface area contributed by atoms with Crippen LogP contribution in [-0.2, 0) is 9.53 Å². The Bertz CT molecular complexity index is 365. The van der Waals surface area contributed by atoms with E-state index in [-0.39, 0.29) is 17.9 Å². The molecule has 2 saturated carbocycles. The third-order valence-electron chi connectivity index (χ3n) is 5.23. The Kier molecular flexibility index (Phi) is 3.03. The summed E-state index contributed by atoms with van der Waals surface area (Å²) in [5, 5.41) is 3.20. The summed E-state index contributed by atoms with van der Waals surface area (Å²) in [6.45, 7) is 3.24. The van der Waals surface area contributed by atoms with Crippen LogP contribution >= 0.6 is 0 Å². The van der Waals surface area contributed by atoms with Gasteiger partial charge in [0.1, 0.15) is 0 Å². The van der Waals surface area contributed by atoms with Crippen LogP contribution in [0.5, 0.6) is 0 Å². The molecule has 4 heteroatoms. The average molecular weight is 264 g/mol. The van der Waals surface area contributed by atoms with Gasteiger partial charge in [0.15, 0.2) is 0 Å². The van der Waals surface area contributed by atoms with E-state index in [2.05, 4.69) is 10.2 Å². The van der Waals surface area contributed by atoms with E-state index in [1.807, 2.05) is 0 Å². The highest BCUT2D eigenvalue weighted by atomic mass is 16.5. The molecule has 2 heterocycles. The van der Waals surface area contributed by atoms with E-state index in [1.165, 1.54) is 38.6 Å². The fourth-order valence-corrected chi connectivity index (χ4v) is 3.69. The first-order valence-electron chi connectivity index (χ1n) is 7.96. The first-order chi connectivity index (χ1) is 9.28. The minimum absolute atomic E-state index is 0.106. The van der Waals surface area contributed by atoms with Crippen LogP contribution < -0.4 is 5.32 Å². The van der Waals surface area contributed by atoms with E-state index in [0.29, 0.717) is 12.1 Å². The lowest BCUT2D eigenvalue weighted by atomic mass is 9.91. The number of fused-ring (bicyclic) bond motifs is 2. The van der Waals surface area contributed by atoms with Crippen molar-refractivity contribution in [2.45, 2.75) is 56.8 Å². The number of carbonyl (C=O) groups is 1. The molecule has 1 amide bonds. The fraction of sp³-hybridized carbons (Fsp3) is 0.933. The highest BCUT2D eigenvalue weighted by Gasteiger charge is 2.45. The van der Waals surface area contributed by atoms with E-state index in [0.717, 1.165) is 25.4 Å². The van der Waals surface area contributed by atoms with E-state index in [9.17, 15) is 4.79 Å². The molecule has 0 aromatic rings. The lowest BCUT2D eigenvalue weighted by Crippen LogP contribution is -2.48. The van der Waals surface area contributed by atoms with Crippen molar-refractivity contribution >= 4 is 5.91 Å². The van der Waals surface area contributed by atoms with Crippen LogP contribution in [0.3, 0.4) is 0 Å². The van der Waals surface area contributed by atoms with Gasteiger partial charge in [-0.1, -0.05) is 0 Å². The van der Waals surface area contributed by atoms with E-state index >= 15 is 0 Å². The van der Waals surface area contributed by atoms with Crippen LogP contribution in [0.2, 0.25) is 0 Å². The molecule has 0 unspecified atom stereocenters. The number of hydrogen-bond acceptors (Lipinski definition) is 3. The number of morpholine rings is 1. The van der Waals surface area contributed by atoms with Gasteiger partial charge in [0.2, 0.25) is 5.91 Å². The smallest absolute Gasteiger partial charge is 0.226 e. The van der Waals surface area contributed by atoms with Crippen molar-refractivity contribution in [1.29, 1.82) is 0 Å². The number of likely N-dealkylation sites (tertiary alicyclic amines) is 1. The minimum Gasteiger partial charge on any atom is -0.371 e. The predicted octanol–water partition coefficient (Wildman–Crippen LogP) is 1.15. The lowest BCUT2D eigenvalue weighted by Gasteiger charge is -2.33. The summed E-state index contributed by atoms with van der Waals surface area (Å²) in [4.78, 5) is 14.9. The molecule has 19 heavy (non-hydrogen) atoms. The molecule has 4 rings (SSSR count). The summed E-state index contributed by atoms with van der Waals surface area (Å²) in [5.74, 6) is 1.29. The quantitative estimate of drug-likeness (QED) is 0.828. The van der Waals surface area contributed by atoms with Crippen molar-refractivity contribution in [3.63, 3.8) is 0 Å². The number of amides is 1. The van der Waals surface area contributed by atoms with Gasteiger partial charge in [-0.25, -0.2) is 0 Å². The van der Waals surface area contributed by atoms with Gasteiger partial charge in [-0.15, -0.1) is 0 Å². The van der Waals surface area contributed by atoms with E-state index in [4.69, 9.17) is 4.74 Å². The number of carbonyl (C=O) groups excluding carboxylic acids is 1. The number of hydrogen-bond donors (Lipinski definition) is 1. The SMILES string of the molecule is O=C(NC1CCC1)[C@H]1C[C@H]2CN(CC3CC3)C[C@@H]1O2. The number of nitrogens with one attached hydrogen (secondary N) is 1. The zero-order valence-electron chi connectivity index (χ0n) is 11.5. The molecule has 2 aliphatic carbocycles. The molecule has 106 valence electrons. The standard InChI is InChI=1S/C15H24N2O2/c18-15(16-11-2-1-3-11)13-6-12-8-17(7-10-4-5-10)9-14(13)19-12/h10-14H,1-9H2,(H,16,18)/t12-,13-,14-/m0/s1. The van der Waals surface area contributed by atoms with Gasteiger partial charge in [0.25, 0.3) is 0 Å². The molecule has 2 aliphatic heterocycles. The molecule has 0 aromatic carbocycles. The van der Waals surface area contributed by atoms with Gasteiger partial charge < -0.3 is 10.1 Å². The summed E-state index contributed by atoms with van der Waals surface area (Å²) >= 11 is 0. The monoisotopic (exact) mass is 264 g/mol.